The van der Waals surface area contributed by atoms with E-state index in [1.54, 1.807) is 0 Å². The molecule has 5 heteroatoms. The summed E-state index contributed by atoms with van der Waals surface area (Å²) in [5.41, 5.74) is 3.20. The van der Waals surface area contributed by atoms with Crippen molar-refractivity contribution in [1.82, 2.24) is 0 Å². The minimum atomic E-state index is -3.18. The monoisotopic (exact) mass is 426 g/mol. The van der Waals surface area contributed by atoms with Gasteiger partial charge in [0.2, 0.25) is 0 Å². The van der Waals surface area contributed by atoms with Crippen LogP contribution < -0.4 is 0 Å². The van der Waals surface area contributed by atoms with Gasteiger partial charge in [-0.15, -0.1) is 11.6 Å². The zero-order valence-electron chi connectivity index (χ0n) is 16.7. The Kier molecular flexibility index (Phi) is 8.47. The van der Waals surface area contributed by atoms with Gasteiger partial charge < -0.3 is 13.3 Å². The molecule has 152 valence electrons. The molecule has 0 amide bonds. The van der Waals surface area contributed by atoms with E-state index in [0.717, 1.165) is 16.7 Å². The van der Waals surface area contributed by atoms with Gasteiger partial charge in [0.05, 0.1) is 19.8 Å². The number of hydrogen-bond donors (Lipinski definition) is 0. The molecule has 0 heterocycles. The predicted molar refractivity (Wildman–Crippen MR) is 119 cm³/mol. The fraction of sp³-hybridized carbons (Fsp3) is 0.250. The van der Waals surface area contributed by atoms with Crippen LogP contribution in [0.1, 0.15) is 30.0 Å². The lowest BCUT2D eigenvalue weighted by Gasteiger charge is -2.33. The molecule has 0 radical (unpaired) electrons. The molecule has 3 aromatic rings. The van der Waals surface area contributed by atoms with Crippen LogP contribution in [0.4, 0.5) is 0 Å². The molecule has 3 aromatic carbocycles. The summed E-state index contributed by atoms with van der Waals surface area (Å²) < 4.78 is 19.1. The molecule has 0 N–H and O–H groups in total. The lowest BCUT2D eigenvalue weighted by Crippen LogP contribution is -2.53. The smallest absolute Gasteiger partial charge is 0.368 e. The van der Waals surface area contributed by atoms with Crippen LogP contribution in [0.15, 0.2) is 91.0 Å². The van der Waals surface area contributed by atoms with Crippen LogP contribution in [0.3, 0.4) is 0 Å². The summed E-state index contributed by atoms with van der Waals surface area (Å²) in [6.07, 6.45) is 0.701. The number of halogens is 1. The second kappa shape index (κ2) is 11.3. The van der Waals surface area contributed by atoms with Crippen molar-refractivity contribution in [2.24, 2.45) is 0 Å². The Hall–Kier alpha value is -1.95. The Balaban J connectivity index is 1.80. The molecule has 0 aliphatic carbocycles. The highest BCUT2D eigenvalue weighted by Gasteiger charge is 2.48. The normalized spacial score (nSPS) is 12.6. The average Bonchev–Trinajstić information content (AvgIpc) is 2.80. The highest BCUT2D eigenvalue weighted by molar-refractivity contribution is 6.71. The van der Waals surface area contributed by atoms with Gasteiger partial charge in [0, 0.05) is 0 Å². The van der Waals surface area contributed by atoms with Crippen LogP contribution in [0.25, 0.3) is 0 Å². The first-order valence-corrected chi connectivity index (χ1v) is 12.1. The molecule has 0 spiro atoms. The van der Waals surface area contributed by atoms with Crippen LogP contribution in [0, 0.1) is 0 Å². The van der Waals surface area contributed by atoms with E-state index >= 15 is 0 Å². The molecular weight excluding hydrogens is 400 g/mol. The summed E-state index contributed by atoms with van der Waals surface area (Å²) in [5.74, 6) is 0. The van der Waals surface area contributed by atoms with E-state index in [0.29, 0.717) is 26.2 Å². The molecule has 0 saturated carbocycles. The second-order valence-electron chi connectivity index (χ2n) is 6.80. The number of rotatable bonds is 11. The van der Waals surface area contributed by atoms with Gasteiger partial charge in [-0.3, -0.25) is 0 Å². The van der Waals surface area contributed by atoms with Crippen molar-refractivity contribution in [2.45, 2.75) is 38.2 Å². The fourth-order valence-corrected chi connectivity index (χ4v) is 5.88. The maximum atomic E-state index is 6.77. The fourth-order valence-electron chi connectivity index (χ4n) is 2.92. The lowest BCUT2D eigenvalue weighted by molar-refractivity contribution is 0.0402. The van der Waals surface area contributed by atoms with Crippen LogP contribution >= 0.6 is 11.6 Å². The standard InChI is InChI=1S/C24H27ClO3Si/c1-2-24(25)29(26-18-21-12-6-3-7-13-21,27-19-22-14-8-4-9-15-22)28-20-23-16-10-5-11-17-23/h3-17,24H,2,18-20H2,1H3. The number of alkyl halides is 1. The Bertz CT molecular complexity index is 724. The molecule has 0 aromatic heterocycles. The first kappa shape index (κ1) is 21.7. The van der Waals surface area contributed by atoms with E-state index in [1.807, 2.05) is 97.9 Å². The molecule has 3 rings (SSSR count). The summed E-state index contributed by atoms with van der Waals surface area (Å²) in [6.45, 7) is 3.24. The molecule has 3 nitrogen and oxygen atoms in total. The molecule has 0 aliphatic heterocycles. The predicted octanol–water partition coefficient (Wildman–Crippen LogP) is 6.13. The first-order chi connectivity index (χ1) is 14.2. The van der Waals surface area contributed by atoms with E-state index in [-0.39, 0.29) is 5.00 Å². The highest BCUT2D eigenvalue weighted by atomic mass is 35.5. The van der Waals surface area contributed by atoms with Gasteiger partial charge in [-0.1, -0.05) is 97.9 Å². The summed E-state index contributed by atoms with van der Waals surface area (Å²) in [7, 11) is -3.18. The van der Waals surface area contributed by atoms with Gasteiger partial charge in [0.15, 0.2) is 0 Å². The summed E-state index contributed by atoms with van der Waals surface area (Å²) in [5, 5.41) is -0.335. The zero-order chi connectivity index (χ0) is 20.4. The van der Waals surface area contributed by atoms with Crippen molar-refractivity contribution >= 4 is 20.4 Å². The van der Waals surface area contributed by atoms with Crippen molar-refractivity contribution in [1.29, 1.82) is 0 Å². The minimum Gasteiger partial charge on any atom is -0.368 e. The van der Waals surface area contributed by atoms with Gasteiger partial charge in [-0.25, -0.2) is 0 Å². The van der Waals surface area contributed by atoms with Crippen molar-refractivity contribution < 1.29 is 13.3 Å². The third-order valence-corrected chi connectivity index (χ3v) is 8.52. The van der Waals surface area contributed by atoms with Crippen molar-refractivity contribution in [3.05, 3.63) is 108 Å². The summed E-state index contributed by atoms with van der Waals surface area (Å²) >= 11 is 6.77. The van der Waals surface area contributed by atoms with E-state index in [9.17, 15) is 0 Å². The van der Waals surface area contributed by atoms with Crippen LogP contribution in [0.5, 0.6) is 0 Å². The summed E-state index contributed by atoms with van der Waals surface area (Å²) in [4.78, 5) is 0. The lowest BCUT2D eigenvalue weighted by atomic mass is 10.2. The van der Waals surface area contributed by atoms with E-state index < -0.39 is 8.80 Å². The number of benzene rings is 3. The van der Waals surface area contributed by atoms with Crippen molar-refractivity contribution in [3.63, 3.8) is 0 Å². The van der Waals surface area contributed by atoms with Gasteiger partial charge >= 0.3 is 8.80 Å². The molecule has 0 aliphatic rings. The molecule has 0 saturated heterocycles. The average molecular weight is 427 g/mol. The van der Waals surface area contributed by atoms with Gasteiger partial charge in [0.1, 0.15) is 5.00 Å². The van der Waals surface area contributed by atoms with Gasteiger partial charge in [-0.2, -0.15) is 0 Å². The molecular formula is C24H27ClO3Si. The quantitative estimate of drug-likeness (QED) is 0.272. The minimum absolute atomic E-state index is 0.335. The second-order valence-corrected chi connectivity index (χ2v) is 10.5. The molecule has 1 unspecified atom stereocenters. The largest absolute Gasteiger partial charge is 0.520 e. The molecule has 29 heavy (non-hydrogen) atoms. The molecule has 0 fully saturated rings. The van der Waals surface area contributed by atoms with Crippen LogP contribution in [-0.4, -0.2) is 13.8 Å². The highest BCUT2D eigenvalue weighted by Crippen LogP contribution is 2.27. The SMILES string of the molecule is CCC(Cl)[Si](OCc1ccccc1)(OCc1ccccc1)OCc1ccccc1. The molecule has 1 atom stereocenters. The maximum absolute atomic E-state index is 6.77. The van der Waals surface area contributed by atoms with Crippen LogP contribution in [0.2, 0.25) is 0 Å². The number of hydrogen-bond acceptors (Lipinski definition) is 3. The van der Waals surface area contributed by atoms with E-state index in [4.69, 9.17) is 24.9 Å². The topological polar surface area (TPSA) is 27.7 Å². The van der Waals surface area contributed by atoms with Crippen molar-refractivity contribution in [3.8, 4) is 0 Å². The van der Waals surface area contributed by atoms with E-state index in [1.165, 1.54) is 0 Å². The first-order valence-electron chi connectivity index (χ1n) is 9.89. The zero-order valence-corrected chi connectivity index (χ0v) is 18.4. The molecule has 0 bridgehead atoms. The van der Waals surface area contributed by atoms with Gasteiger partial charge in [-0.05, 0) is 23.1 Å². The Morgan fingerprint density at radius 1 is 0.621 bits per heavy atom. The van der Waals surface area contributed by atoms with Crippen molar-refractivity contribution in [2.75, 3.05) is 0 Å². The Morgan fingerprint density at radius 3 is 1.21 bits per heavy atom. The maximum Gasteiger partial charge on any atom is 0.520 e. The van der Waals surface area contributed by atoms with E-state index in [2.05, 4.69) is 0 Å². The third kappa shape index (κ3) is 6.52. The Labute approximate surface area is 179 Å². The third-order valence-electron chi connectivity index (χ3n) is 4.59. The van der Waals surface area contributed by atoms with Crippen LogP contribution in [-0.2, 0) is 33.1 Å². The van der Waals surface area contributed by atoms with Gasteiger partial charge in [0.25, 0.3) is 0 Å². The Morgan fingerprint density at radius 2 is 0.931 bits per heavy atom. The summed E-state index contributed by atoms with van der Waals surface area (Å²) in [6, 6.07) is 30.1.